The first-order chi connectivity index (χ1) is 17.7. The molecule has 2 aromatic heterocycles. The van der Waals surface area contributed by atoms with E-state index in [2.05, 4.69) is 23.8 Å². The normalized spacial score (nSPS) is 16.7. The van der Waals surface area contributed by atoms with Gasteiger partial charge in [0.25, 0.3) is 11.8 Å². The van der Waals surface area contributed by atoms with Crippen LogP contribution >= 0.6 is 0 Å². The Hall–Kier alpha value is -3.02. The molecule has 6 heteroatoms. The second-order valence-corrected chi connectivity index (χ2v) is 9.95. The van der Waals surface area contributed by atoms with Crippen LogP contribution in [0.4, 0.5) is 11.6 Å². The highest BCUT2D eigenvalue weighted by atomic mass is 16.2. The van der Waals surface area contributed by atoms with Gasteiger partial charge in [-0.15, -0.1) is 0 Å². The van der Waals surface area contributed by atoms with Gasteiger partial charge in [0, 0.05) is 36.6 Å². The smallest absolute Gasteiger partial charge is 0.261 e. The molecule has 0 unspecified atom stereocenters. The summed E-state index contributed by atoms with van der Waals surface area (Å²) in [5.41, 5.74) is 2.48. The molecule has 0 aromatic carbocycles. The molecule has 0 saturated carbocycles. The van der Waals surface area contributed by atoms with Crippen LogP contribution in [0.15, 0.2) is 36.7 Å². The number of aromatic nitrogens is 2. The Bertz CT molecular complexity index is 1010. The highest BCUT2D eigenvalue weighted by Gasteiger charge is 2.42. The number of rotatable bonds is 14. The number of hydrogen-bond acceptors (Lipinski definition) is 4. The van der Waals surface area contributed by atoms with Crippen LogP contribution in [0.1, 0.15) is 102 Å². The third kappa shape index (κ3) is 5.53. The van der Waals surface area contributed by atoms with Gasteiger partial charge in [0.05, 0.1) is 11.1 Å². The topological polar surface area (TPSA) is 66.4 Å². The summed E-state index contributed by atoms with van der Waals surface area (Å²) >= 11 is 0. The summed E-state index contributed by atoms with van der Waals surface area (Å²) < 4.78 is 0. The Kier molecular flexibility index (Phi) is 9.26. The fourth-order valence-electron chi connectivity index (χ4n) is 5.31. The van der Waals surface area contributed by atoms with E-state index in [1.54, 1.807) is 22.2 Å². The number of unbranched alkanes of at least 4 members (excludes halogenated alkanes) is 10. The number of hydrogen-bond donors (Lipinski definition) is 0. The van der Waals surface area contributed by atoms with Gasteiger partial charge in [-0.1, -0.05) is 78.1 Å². The van der Waals surface area contributed by atoms with Crippen LogP contribution in [0.25, 0.3) is 11.1 Å². The molecule has 6 nitrogen and oxygen atoms in total. The van der Waals surface area contributed by atoms with E-state index in [9.17, 15) is 9.59 Å². The Labute approximate surface area is 215 Å². The van der Waals surface area contributed by atoms with Crippen molar-refractivity contribution in [2.45, 2.75) is 90.9 Å². The standard InChI is InChI=1S/C30H40N4O2/c1-3-5-7-9-11-13-21-33-27-23(17-15-19-31-27)25(29(33)35)26-24-18-16-20-32-28(24)34(30(26)36)22-14-12-10-8-6-4-2/h15-20H,3-14,21-22H2,1-2H3/b26-25+. The van der Waals surface area contributed by atoms with E-state index in [0.29, 0.717) is 35.9 Å². The maximum Gasteiger partial charge on any atom is 0.261 e. The maximum atomic E-state index is 13.8. The molecular formula is C30H40N4O2. The average molecular weight is 489 g/mol. The molecule has 0 radical (unpaired) electrons. The van der Waals surface area contributed by atoms with Gasteiger partial charge in [0.1, 0.15) is 11.6 Å². The monoisotopic (exact) mass is 488 g/mol. The Balaban J connectivity index is 1.57. The molecule has 0 aliphatic carbocycles. The minimum absolute atomic E-state index is 0.114. The van der Waals surface area contributed by atoms with Gasteiger partial charge in [-0.2, -0.15) is 0 Å². The van der Waals surface area contributed by atoms with Gasteiger partial charge in [-0.3, -0.25) is 19.4 Å². The number of nitrogens with zero attached hydrogens (tertiary/aromatic N) is 4. The third-order valence-corrected chi connectivity index (χ3v) is 7.26. The van der Waals surface area contributed by atoms with Crippen molar-refractivity contribution < 1.29 is 9.59 Å². The van der Waals surface area contributed by atoms with Gasteiger partial charge in [-0.25, -0.2) is 9.97 Å². The minimum atomic E-state index is -0.114. The highest BCUT2D eigenvalue weighted by molar-refractivity contribution is 6.49. The quantitative estimate of drug-likeness (QED) is 0.217. The van der Waals surface area contributed by atoms with Crippen molar-refractivity contribution in [3.05, 3.63) is 47.8 Å². The molecule has 0 bridgehead atoms. The van der Waals surface area contributed by atoms with Crippen LogP contribution in [0.5, 0.6) is 0 Å². The number of amides is 2. The number of carbonyl (C=O) groups is 2. The minimum Gasteiger partial charge on any atom is -0.292 e. The van der Waals surface area contributed by atoms with E-state index in [0.717, 1.165) is 36.8 Å². The van der Waals surface area contributed by atoms with Crippen LogP contribution in [0, 0.1) is 0 Å². The molecule has 0 N–H and O–H groups in total. The summed E-state index contributed by atoms with van der Waals surface area (Å²) in [6.07, 6.45) is 17.3. The summed E-state index contributed by atoms with van der Waals surface area (Å²) in [7, 11) is 0. The molecule has 36 heavy (non-hydrogen) atoms. The van der Waals surface area contributed by atoms with Gasteiger partial charge in [0.2, 0.25) is 0 Å². The van der Waals surface area contributed by atoms with Crippen LogP contribution in [-0.2, 0) is 9.59 Å². The van der Waals surface area contributed by atoms with Crippen molar-refractivity contribution in [1.29, 1.82) is 0 Å². The van der Waals surface area contributed by atoms with Crippen molar-refractivity contribution in [3.8, 4) is 0 Å². The molecule has 0 saturated heterocycles. The fourth-order valence-corrected chi connectivity index (χ4v) is 5.31. The molecule has 0 fully saturated rings. The lowest BCUT2D eigenvalue weighted by Crippen LogP contribution is -2.30. The zero-order chi connectivity index (χ0) is 25.3. The predicted octanol–water partition coefficient (Wildman–Crippen LogP) is 6.80. The van der Waals surface area contributed by atoms with E-state index >= 15 is 0 Å². The SMILES string of the molecule is CCCCCCCCN1C(=O)/C(=C2/C(=O)N(CCCCCCCC)c3ncccc32)c2cccnc21. The molecule has 2 aliphatic heterocycles. The summed E-state index contributed by atoms with van der Waals surface area (Å²) in [6, 6.07) is 7.53. The van der Waals surface area contributed by atoms with Crippen molar-refractivity contribution in [2.24, 2.45) is 0 Å². The zero-order valence-electron chi connectivity index (χ0n) is 22.0. The molecule has 4 rings (SSSR count). The number of fused-ring (bicyclic) bond motifs is 2. The lowest BCUT2D eigenvalue weighted by atomic mass is 9.98. The maximum absolute atomic E-state index is 13.8. The lowest BCUT2D eigenvalue weighted by molar-refractivity contribution is -0.114. The molecule has 2 amide bonds. The lowest BCUT2D eigenvalue weighted by Gasteiger charge is -2.16. The van der Waals surface area contributed by atoms with E-state index in [1.165, 1.54) is 51.4 Å². The van der Waals surface area contributed by atoms with Crippen LogP contribution in [-0.4, -0.2) is 34.9 Å². The second-order valence-electron chi connectivity index (χ2n) is 9.95. The number of carbonyl (C=O) groups excluding carboxylic acids is 2. The predicted molar refractivity (Wildman–Crippen MR) is 147 cm³/mol. The molecule has 192 valence electrons. The molecule has 4 heterocycles. The van der Waals surface area contributed by atoms with Gasteiger partial charge in [0.15, 0.2) is 0 Å². The van der Waals surface area contributed by atoms with E-state index in [1.807, 2.05) is 24.3 Å². The Morgan fingerprint density at radius 3 is 1.39 bits per heavy atom. The summed E-state index contributed by atoms with van der Waals surface area (Å²) in [5, 5.41) is 0. The van der Waals surface area contributed by atoms with Gasteiger partial charge >= 0.3 is 0 Å². The van der Waals surface area contributed by atoms with E-state index < -0.39 is 0 Å². The van der Waals surface area contributed by atoms with E-state index in [4.69, 9.17) is 0 Å². The van der Waals surface area contributed by atoms with Crippen molar-refractivity contribution >= 4 is 34.6 Å². The Morgan fingerprint density at radius 1 is 0.583 bits per heavy atom. The fraction of sp³-hybridized carbons (Fsp3) is 0.533. The summed E-state index contributed by atoms with van der Waals surface area (Å²) in [4.78, 5) is 40.2. The molecule has 0 atom stereocenters. The molecule has 2 aromatic rings. The number of pyridine rings is 2. The van der Waals surface area contributed by atoms with Crippen molar-refractivity contribution in [1.82, 2.24) is 9.97 Å². The first-order valence-corrected chi connectivity index (χ1v) is 14.0. The largest absolute Gasteiger partial charge is 0.292 e. The van der Waals surface area contributed by atoms with Crippen molar-refractivity contribution in [2.75, 3.05) is 22.9 Å². The van der Waals surface area contributed by atoms with Gasteiger partial charge in [-0.05, 0) is 37.1 Å². The van der Waals surface area contributed by atoms with Crippen molar-refractivity contribution in [3.63, 3.8) is 0 Å². The molecule has 0 spiro atoms. The van der Waals surface area contributed by atoms with Crippen LogP contribution < -0.4 is 9.80 Å². The first kappa shape index (κ1) is 26.1. The zero-order valence-corrected chi connectivity index (χ0v) is 22.0. The average Bonchev–Trinajstić information content (AvgIpc) is 3.33. The first-order valence-electron chi connectivity index (χ1n) is 14.0. The summed E-state index contributed by atoms with van der Waals surface area (Å²) in [6.45, 7) is 5.68. The Morgan fingerprint density at radius 2 is 0.972 bits per heavy atom. The molecular weight excluding hydrogens is 448 g/mol. The third-order valence-electron chi connectivity index (χ3n) is 7.26. The van der Waals surface area contributed by atoms with Crippen LogP contribution in [0.2, 0.25) is 0 Å². The summed E-state index contributed by atoms with van der Waals surface area (Å²) in [5.74, 6) is 1.12. The molecule has 2 aliphatic rings. The second kappa shape index (κ2) is 12.8. The van der Waals surface area contributed by atoms with Gasteiger partial charge < -0.3 is 0 Å². The van der Waals surface area contributed by atoms with E-state index in [-0.39, 0.29) is 11.8 Å². The highest BCUT2D eigenvalue weighted by Crippen LogP contribution is 2.45. The van der Waals surface area contributed by atoms with Crippen LogP contribution in [0.3, 0.4) is 0 Å². The number of anilines is 2.